The molecule has 0 aromatic heterocycles. The maximum atomic E-state index is 10.9. The number of methoxy groups -OCH3 is 1. The Morgan fingerprint density at radius 2 is 1.93 bits per heavy atom. The highest BCUT2D eigenvalue weighted by Crippen LogP contribution is 2.32. The molecule has 82 valence electrons. The predicted molar refractivity (Wildman–Crippen MR) is 58.1 cm³/mol. The SMILES string of the molecule is COC(=O)/C=C/N1C[C@H]2CC=CC[C@H]2C1. The number of allylic oxidation sites excluding steroid dienone is 2. The zero-order valence-electron chi connectivity index (χ0n) is 9.06. The fourth-order valence-corrected chi connectivity index (χ4v) is 2.41. The maximum absolute atomic E-state index is 10.9. The summed E-state index contributed by atoms with van der Waals surface area (Å²) in [4.78, 5) is 13.2. The molecule has 3 nitrogen and oxygen atoms in total. The molecule has 0 N–H and O–H groups in total. The fraction of sp³-hybridized carbons (Fsp3) is 0.583. The molecule has 0 amide bonds. The summed E-state index contributed by atoms with van der Waals surface area (Å²) in [5.74, 6) is 1.28. The molecule has 0 aromatic carbocycles. The number of carbonyl (C=O) groups is 1. The van der Waals surface area contributed by atoms with E-state index in [0.29, 0.717) is 0 Å². The van der Waals surface area contributed by atoms with Gasteiger partial charge in [0.1, 0.15) is 0 Å². The lowest BCUT2D eigenvalue weighted by Gasteiger charge is -2.17. The molecule has 0 spiro atoms. The molecule has 3 heteroatoms. The summed E-state index contributed by atoms with van der Waals surface area (Å²) in [5.41, 5.74) is 0. The molecular weight excluding hydrogens is 190 g/mol. The molecule has 0 bridgehead atoms. The van der Waals surface area contributed by atoms with Gasteiger partial charge in [-0.05, 0) is 24.7 Å². The number of rotatable bonds is 2. The summed E-state index contributed by atoms with van der Waals surface area (Å²) in [6.45, 7) is 2.14. The van der Waals surface area contributed by atoms with Gasteiger partial charge >= 0.3 is 5.97 Å². The van der Waals surface area contributed by atoms with Crippen molar-refractivity contribution < 1.29 is 9.53 Å². The maximum Gasteiger partial charge on any atom is 0.331 e. The molecule has 2 atom stereocenters. The lowest BCUT2D eigenvalue weighted by molar-refractivity contribution is -0.134. The van der Waals surface area contributed by atoms with E-state index >= 15 is 0 Å². The highest BCUT2D eigenvalue weighted by molar-refractivity contribution is 5.81. The third-order valence-corrected chi connectivity index (χ3v) is 3.27. The summed E-state index contributed by atoms with van der Waals surface area (Å²) in [5, 5.41) is 0. The van der Waals surface area contributed by atoms with Crippen LogP contribution in [0.15, 0.2) is 24.4 Å². The first-order chi connectivity index (χ1) is 7.29. The molecule has 2 rings (SSSR count). The van der Waals surface area contributed by atoms with E-state index in [1.165, 1.54) is 26.0 Å². The van der Waals surface area contributed by atoms with Crippen LogP contribution in [-0.4, -0.2) is 31.1 Å². The van der Waals surface area contributed by atoms with Crippen LogP contribution in [0.1, 0.15) is 12.8 Å². The van der Waals surface area contributed by atoms with E-state index in [-0.39, 0.29) is 5.97 Å². The highest BCUT2D eigenvalue weighted by Gasteiger charge is 2.31. The molecule has 15 heavy (non-hydrogen) atoms. The number of esters is 1. The summed E-state index contributed by atoms with van der Waals surface area (Å²) in [7, 11) is 1.40. The van der Waals surface area contributed by atoms with Gasteiger partial charge in [-0.15, -0.1) is 0 Å². The molecule has 0 aromatic rings. The van der Waals surface area contributed by atoms with Gasteiger partial charge < -0.3 is 9.64 Å². The fourth-order valence-electron chi connectivity index (χ4n) is 2.41. The van der Waals surface area contributed by atoms with Gasteiger partial charge in [0.15, 0.2) is 0 Å². The smallest absolute Gasteiger partial charge is 0.331 e. The molecule has 0 saturated carbocycles. The van der Waals surface area contributed by atoms with Crippen LogP contribution >= 0.6 is 0 Å². The first-order valence-electron chi connectivity index (χ1n) is 5.45. The number of hydrogen-bond acceptors (Lipinski definition) is 3. The first-order valence-corrected chi connectivity index (χ1v) is 5.45. The topological polar surface area (TPSA) is 29.5 Å². The Hall–Kier alpha value is -1.25. The van der Waals surface area contributed by atoms with Crippen molar-refractivity contribution in [2.75, 3.05) is 20.2 Å². The number of hydrogen-bond donors (Lipinski definition) is 0. The van der Waals surface area contributed by atoms with Crippen molar-refractivity contribution in [3.8, 4) is 0 Å². The second-order valence-corrected chi connectivity index (χ2v) is 4.26. The molecule has 1 heterocycles. The molecule has 0 radical (unpaired) electrons. The van der Waals surface area contributed by atoms with Gasteiger partial charge in [-0.3, -0.25) is 0 Å². The first kappa shape index (κ1) is 10.3. The van der Waals surface area contributed by atoms with Crippen molar-refractivity contribution in [3.05, 3.63) is 24.4 Å². The number of nitrogens with zero attached hydrogens (tertiary/aromatic N) is 1. The van der Waals surface area contributed by atoms with Gasteiger partial charge in [-0.25, -0.2) is 4.79 Å². The molecule has 1 aliphatic heterocycles. The van der Waals surface area contributed by atoms with Crippen molar-refractivity contribution in [2.24, 2.45) is 11.8 Å². The van der Waals surface area contributed by atoms with Gasteiger partial charge in [0.05, 0.1) is 7.11 Å². The summed E-state index contributed by atoms with van der Waals surface area (Å²) in [6, 6.07) is 0. The van der Waals surface area contributed by atoms with Gasteiger partial charge in [-0.2, -0.15) is 0 Å². The Bertz CT molecular complexity index is 280. The third kappa shape index (κ3) is 2.41. The number of likely N-dealkylation sites (tertiary alicyclic amines) is 1. The van der Waals surface area contributed by atoms with E-state index in [9.17, 15) is 4.79 Å². The van der Waals surface area contributed by atoms with Crippen molar-refractivity contribution >= 4 is 5.97 Å². The van der Waals surface area contributed by atoms with Crippen molar-refractivity contribution in [2.45, 2.75) is 12.8 Å². The van der Waals surface area contributed by atoms with Gasteiger partial charge in [0.25, 0.3) is 0 Å². The lowest BCUT2D eigenvalue weighted by Crippen LogP contribution is -2.14. The lowest BCUT2D eigenvalue weighted by atomic mass is 9.86. The van der Waals surface area contributed by atoms with Crippen molar-refractivity contribution in [1.82, 2.24) is 4.90 Å². The second-order valence-electron chi connectivity index (χ2n) is 4.26. The largest absolute Gasteiger partial charge is 0.466 e. The Labute approximate surface area is 90.4 Å². The zero-order chi connectivity index (χ0) is 10.7. The second kappa shape index (κ2) is 4.51. The van der Waals surface area contributed by atoms with E-state index < -0.39 is 0 Å². The minimum Gasteiger partial charge on any atom is -0.466 e. The van der Waals surface area contributed by atoms with Crippen LogP contribution in [0.2, 0.25) is 0 Å². The van der Waals surface area contributed by atoms with Crippen LogP contribution in [0.5, 0.6) is 0 Å². The van der Waals surface area contributed by atoms with Crippen molar-refractivity contribution in [1.29, 1.82) is 0 Å². The van der Waals surface area contributed by atoms with Crippen LogP contribution in [0, 0.1) is 11.8 Å². The van der Waals surface area contributed by atoms with Gasteiger partial charge in [0.2, 0.25) is 0 Å². The van der Waals surface area contributed by atoms with Gasteiger partial charge in [-0.1, -0.05) is 12.2 Å². The predicted octanol–water partition coefficient (Wildman–Crippen LogP) is 1.57. The van der Waals surface area contributed by atoms with Crippen LogP contribution in [0.3, 0.4) is 0 Å². The van der Waals surface area contributed by atoms with E-state index in [4.69, 9.17) is 0 Å². The van der Waals surface area contributed by atoms with Crippen LogP contribution in [0.4, 0.5) is 0 Å². The van der Waals surface area contributed by atoms with Crippen molar-refractivity contribution in [3.63, 3.8) is 0 Å². The summed E-state index contributed by atoms with van der Waals surface area (Å²) < 4.78 is 4.56. The third-order valence-electron chi connectivity index (χ3n) is 3.27. The summed E-state index contributed by atoms with van der Waals surface area (Å²) >= 11 is 0. The van der Waals surface area contributed by atoms with Crippen LogP contribution < -0.4 is 0 Å². The van der Waals surface area contributed by atoms with E-state index in [1.54, 1.807) is 0 Å². The molecule has 1 aliphatic carbocycles. The Morgan fingerprint density at radius 1 is 1.33 bits per heavy atom. The average Bonchev–Trinajstić information content (AvgIpc) is 2.68. The number of ether oxygens (including phenoxy) is 1. The molecule has 1 fully saturated rings. The van der Waals surface area contributed by atoms with E-state index in [0.717, 1.165) is 24.9 Å². The summed E-state index contributed by atoms with van der Waals surface area (Å²) in [6.07, 6.45) is 10.3. The Balaban J connectivity index is 1.88. The highest BCUT2D eigenvalue weighted by atomic mass is 16.5. The minimum atomic E-state index is -0.275. The Morgan fingerprint density at radius 3 is 2.47 bits per heavy atom. The molecule has 1 saturated heterocycles. The Kier molecular flexibility index (Phi) is 3.09. The monoisotopic (exact) mass is 207 g/mol. The van der Waals surface area contributed by atoms with Crippen LogP contribution in [-0.2, 0) is 9.53 Å². The minimum absolute atomic E-state index is 0.275. The average molecular weight is 207 g/mol. The standard InChI is InChI=1S/C12H17NO2/c1-15-12(14)6-7-13-8-10-4-2-3-5-11(10)9-13/h2-3,6-7,10-11H,4-5,8-9H2,1H3/b7-6+/t10-,11+. The van der Waals surface area contributed by atoms with E-state index in [1.807, 2.05) is 6.20 Å². The normalized spacial score (nSPS) is 29.5. The van der Waals surface area contributed by atoms with Gasteiger partial charge in [0, 0.05) is 25.4 Å². The number of fused-ring (bicyclic) bond motifs is 1. The van der Waals surface area contributed by atoms with Crippen LogP contribution in [0.25, 0.3) is 0 Å². The molecule has 0 unspecified atom stereocenters. The quantitative estimate of drug-likeness (QED) is 0.391. The van der Waals surface area contributed by atoms with E-state index in [2.05, 4.69) is 21.8 Å². The zero-order valence-corrected chi connectivity index (χ0v) is 9.06. The number of carbonyl (C=O) groups excluding carboxylic acids is 1. The molecule has 2 aliphatic rings. The molecular formula is C12H17NO2.